The van der Waals surface area contributed by atoms with Gasteiger partial charge in [0.2, 0.25) is 0 Å². The van der Waals surface area contributed by atoms with Gasteiger partial charge in [-0.1, -0.05) is 29.8 Å². The zero-order valence-corrected chi connectivity index (χ0v) is 18.8. The molecule has 0 unspecified atom stereocenters. The Kier molecular flexibility index (Phi) is 7.64. The number of hydrogen-bond acceptors (Lipinski definition) is 4. The van der Waals surface area contributed by atoms with E-state index in [0.29, 0.717) is 34.3 Å². The summed E-state index contributed by atoms with van der Waals surface area (Å²) in [6.07, 6.45) is 1.49. The van der Waals surface area contributed by atoms with Gasteiger partial charge < -0.3 is 9.47 Å². The fourth-order valence-electron chi connectivity index (χ4n) is 2.55. The molecule has 8 heteroatoms. The number of carbonyl (C=O) groups excluding carboxylic acids is 1. The molecule has 0 heterocycles. The molecule has 0 saturated carbocycles. The highest BCUT2D eigenvalue weighted by molar-refractivity contribution is 14.1. The van der Waals surface area contributed by atoms with Crippen LogP contribution in [-0.2, 0) is 6.61 Å². The summed E-state index contributed by atoms with van der Waals surface area (Å²) in [5.41, 5.74) is 4.30. The molecule has 1 amide bonds. The number of ether oxygens (including phenoxy) is 2. The second kappa shape index (κ2) is 10.4. The Hall–Kier alpha value is -2.65. The van der Waals surface area contributed by atoms with Crippen molar-refractivity contribution < 1.29 is 18.7 Å². The molecule has 0 aliphatic carbocycles. The number of methoxy groups -OCH3 is 1. The van der Waals surface area contributed by atoms with Gasteiger partial charge in [-0.25, -0.2) is 9.82 Å². The third kappa shape index (κ3) is 5.70. The van der Waals surface area contributed by atoms with E-state index in [2.05, 4.69) is 33.1 Å². The second-order valence-corrected chi connectivity index (χ2v) is 7.69. The number of hydrogen-bond donors (Lipinski definition) is 1. The van der Waals surface area contributed by atoms with E-state index in [1.165, 1.54) is 30.5 Å². The quantitative estimate of drug-likeness (QED) is 0.248. The molecule has 0 aliphatic rings. The lowest BCUT2D eigenvalue weighted by atomic mass is 10.2. The summed E-state index contributed by atoms with van der Waals surface area (Å²) in [5, 5.41) is 4.59. The lowest BCUT2D eigenvalue weighted by Crippen LogP contribution is -2.17. The van der Waals surface area contributed by atoms with Crippen LogP contribution >= 0.6 is 34.2 Å². The van der Waals surface area contributed by atoms with Gasteiger partial charge in [-0.3, -0.25) is 4.79 Å². The van der Waals surface area contributed by atoms with E-state index < -0.39 is 11.7 Å². The molecule has 3 aromatic carbocycles. The number of amides is 1. The first-order valence-corrected chi connectivity index (χ1v) is 10.3. The van der Waals surface area contributed by atoms with Gasteiger partial charge >= 0.3 is 0 Å². The van der Waals surface area contributed by atoms with Crippen LogP contribution in [0.25, 0.3) is 0 Å². The molecule has 0 aliphatic heterocycles. The number of hydrazone groups is 1. The van der Waals surface area contributed by atoms with Gasteiger partial charge in [-0.15, -0.1) is 0 Å². The van der Waals surface area contributed by atoms with E-state index in [-0.39, 0.29) is 0 Å². The minimum Gasteiger partial charge on any atom is -0.493 e. The van der Waals surface area contributed by atoms with Crippen molar-refractivity contribution in [2.24, 2.45) is 5.10 Å². The summed E-state index contributed by atoms with van der Waals surface area (Å²) in [7, 11) is 1.55. The van der Waals surface area contributed by atoms with Gasteiger partial charge in [0.15, 0.2) is 11.5 Å². The topological polar surface area (TPSA) is 59.9 Å². The molecule has 1 N–H and O–H groups in total. The predicted octanol–water partition coefficient (Wildman–Crippen LogP) is 5.44. The maximum atomic E-state index is 12.9. The van der Waals surface area contributed by atoms with Crippen LogP contribution < -0.4 is 14.9 Å². The summed E-state index contributed by atoms with van der Waals surface area (Å²) in [6.45, 7) is 0.299. The maximum Gasteiger partial charge on any atom is 0.271 e. The zero-order chi connectivity index (χ0) is 21.5. The largest absolute Gasteiger partial charge is 0.493 e. The molecular weight excluding hydrogens is 522 g/mol. The van der Waals surface area contributed by atoms with E-state index in [1.54, 1.807) is 13.2 Å². The third-order valence-electron chi connectivity index (χ3n) is 4.07. The molecule has 0 aromatic heterocycles. The Balaban J connectivity index is 1.70. The molecule has 0 spiro atoms. The number of nitrogens with zero attached hydrogens (tertiary/aromatic N) is 1. The molecule has 0 saturated heterocycles. The van der Waals surface area contributed by atoms with E-state index >= 15 is 0 Å². The highest BCUT2D eigenvalue weighted by atomic mass is 127. The van der Waals surface area contributed by atoms with E-state index in [0.717, 1.165) is 9.13 Å². The van der Waals surface area contributed by atoms with E-state index in [9.17, 15) is 9.18 Å². The first-order valence-electron chi connectivity index (χ1n) is 8.80. The minimum atomic E-state index is -0.437. The number of carbonyl (C=O) groups is 1. The van der Waals surface area contributed by atoms with Gasteiger partial charge in [-0.05, 0) is 70.6 Å². The molecule has 154 valence electrons. The maximum absolute atomic E-state index is 12.9. The first kappa shape index (κ1) is 22.0. The number of nitrogens with one attached hydrogen (secondary N) is 1. The number of rotatable bonds is 7. The van der Waals surface area contributed by atoms with E-state index in [1.807, 2.05) is 30.3 Å². The van der Waals surface area contributed by atoms with Crippen molar-refractivity contribution in [1.82, 2.24) is 5.43 Å². The Bertz CT molecular complexity index is 1070. The summed E-state index contributed by atoms with van der Waals surface area (Å²) in [5.74, 6) is 0.270. The fraction of sp³-hybridized carbons (Fsp3) is 0.0909. The smallest absolute Gasteiger partial charge is 0.271 e. The highest BCUT2D eigenvalue weighted by Crippen LogP contribution is 2.34. The lowest BCUT2D eigenvalue weighted by Gasteiger charge is -2.14. The van der Waals surface area contributed by atoms with Crippen LogP contribution in [0.2, 0.25) is 5.02 Å². The molecule has 0 atom stereocenters. The number of benzene rings is 3. The molecule has 3 aromatic rings. The average molecular weight is 539 g/mol. The zero-order valence-electron chi connectivity index (χ0n) is 15.9. The van der Waals surface area contributed by atoms with Crippen LogP contribution in [0, 0.1) is 9.39 Å². The minimum absolute atomic E-state index is 0.299. The van der Waals surface area contributed by atoms with Gasteiger partial charge in [0.05, 0.1) is 16.9 Å². The van der Waals surface area contributed by atoms with Crippen LogP contribution in [0.4, 0.5) is 4.39 Å². The monoisotopic (exact) mass is 538 g/mol. The summed E-state index contributed by atoms with van der Waals surface area (Å²) < 4.78 is 25.1. The fourth-order valence-corrected chi connectivity index (χ4v) is 3.52. The Morgan fingerprint density at radius 2 is 1.93 bits per heavy atom. The van der Waals surface area contributed by atoms with Crippen LogP contribution in [-0.4, -0.2) is 19.2 Å². The summed E-state index contributed by atoms with van der Waals surface area (Å²) in [6, 6.07) is 16.3. The van der Waals surface area contributed by atoms with Gasteiger partial charge in [0.25, 0.3) is 5.91 Å². The molecule has 0 fully saturated rings. The van der Waals surface area contributed by atoms with Crippen molar-refractivity contribution in [2.75, 3.05) is 7.11 Å². The molecule has 0 radical (unpaired) electrons. The van der Waals surface area contributed by atoms with Gasteiger partial charge in [0, 0.05) is 16.1 Å². The average Bonchev–Trinajstić information content (AvgIpc) is 2.74. The van der Waals surface area contributed by atoms with Gasteiger partial charge in [0.1, 0.15) is 12.4 Å². The van der Waals surface area contributed by atoms with Crippen molar-refractivity contribution >= 4 is 46.3 Å². The van der Waals surface area contributed by atoms with Gasteiger partial charge in [-0.2, -0.15) is 5.10 Å². The van der Waals surface area contributed by atoms with Crippen molar-refractivity contribution in [3.63, 3.8) is 0 Å². The molecule has 3 rings (SSSR count). The summed E-state index contributed by atoms with van der Waals surface area (Å²) in [4.78, 5) is 12.0. The van der Waals surface area contributed by atoms with Crippen LogP contribution in [0.1, 0.15) is 21.5 Å². The molecule has 30 heavy (non-hydrogen) atoms. The number of halogens is 3. The van der Waals surface area contributed by atoms with Crippen molar-refractivity contribution in [3.8, 4) is 11.5 Å². The van der Waals surface area contributed by atoms with Crippen LogP contribution in [0.5, 0.6) is 11.5 Å². The van der Waals surface area contributed by atoms with Crippen LogP contribution in [0.15, 0.2) is 65.8 Å². The van der Waals surface area contributed by atoms with Crippen molar-refractivity contribution in [3.05, 3.63) is 91.8 Å². The highest BCUT2D eigenvalue weighted by Gasteiger charge is 2.12. The SMILES string of the molecule is COc1cc(/C=N\NC(=O)c2ccc(F)cc2)cc(I)c1OCc1ccccc1Cl. The predicted molar refractivity (Wildman–Crippen MR) is 123 cm³/mol. The van der Waals surface area contributed by atoms with Crippen molar-refractivity contribution in [1.29, 1.82) is 0 Å². The Labute approximate surface area is 192 Å². The molecule has 0 bridgehead atoms. The van der Waals surface area contributed by atoms with E-state index in [4.69, 9.17) is 21.1 Å². The van der Waals surface area contributed by atoms with Crippen LogP contribution in [0.3, 0.4) is 0 Å². The third-order valence-corrected chi connectivity index (χ3v) is 5.24. The normalized spacial score (nSPS) is 10.8. The summed E-state index contributed by atoms with van der Waals surface area (Å²) >= 11 is 8.32. The first-order chi connectivity index (χ1) is 14.5. The van der Waals surface area contributed by atoms with Crippen molar-refractivity contribution in [2.45, 2.75) is 6.61 Å². The second-order valence-electron chi connectivity index (χ2n) is 6.12. The molecule has 5 nitrogen and oxygen atoms in total. The Morgan fingerprint density at radius 1 is 1.20 bits per heavy atom. The lowest BCUT2D eigenvalue weighted by molar-refractivity contribution is 0.0955. The Morgan fingerprint density at radius 3 is 2.63 bits per heavy atom. The standard InChI is InChI=1S/C22H17ClFIN2O3/c1-29-20-11-14(12-26-27-22(28)15-6-8-17(24)9-7-15)10-19(25)21(20)30-13-16-4-2-3-5-18(16)23/h2-12H,13H2,1H3,(H,27,28)/b26-12-. The molecular formula is C22H17ClFIN2O3.